The van der Waals surface area contributed by atoms with Crippen LogP contribution in [0.3, 0.4) is 0 Å². The lowest BCUT2D eigenvalue weighted by atomic mass is 9.85. The van der Waals surface area contributed by atoms with Gasteiger partial charge in [0.2, 0.25) is 11.8 Å². The van der Waals surface area contributed by atoms with Crippen LogP contribution < -0.4 is 15.4 Å². The van der Waals surface area contributed by atoms with Gasteiger partial charge in [-0.2, -0.15) is 5.26 Å². The predicted octanol–water partition coefficient (Wildman–Crippen LogP) is 6.66. The highest BCUT2D eigenvalue weighted by atomic mass is 32.1. The Balaban J connectivity index is 1.10. The number of rotatable bonds is 8. The number of pyridine rings is 1. The van der Waals surface area contributed by atoms with Crippen LogP contribution in [0.4, 0.5) is 10.8 Å². The maximum Gasteiger partial charge on any atom is 0.255 e. The summed E-state index contributed by atoms with van der Waals surface area (Å²) in [6, 6.07) is 18.4. The first kappa shape index (κ1) is 28.8. The monoisotopic (exact) mass is 594 g/mol. The van der Waals surface area contributed by atoms with E-state index in [2.05, 4.69) is 31.6 Å². The number of thiazole rings is 1. The molecule has 0 unspecified atom stereocenters. The molecule has 10 heteroatoms. The number of amides is 2. The number of aromatic nitrogens is 2. The molecule has 1 saturated heterocycles. The molecule has 0 radical (unpaired) electrons. The molecule has 43 heavy (non-hydrogen) atoms. The van der Waals surface area contributed by atoms with E-state index < -0.39 is 5.41 Å². The standard InChI is InChI=1S/C33H34N6O3S/c1-21-7-8-24(35-29(41)22-5-4-6-23(17-22)32(2,3)20-34)18-26(21)42-28-10-9-25-30(38-28)43-31(36-25)37-27(40)19-39-15-13-33(11-12-33)14-16-39/h4-10,17-18H,11-16,19H2,1-3H3,(H,35,41)(H,36,37,40). The molecule has 2 N–H and O–H groups in total. The topological polar surface area (TPSA) is 120 Å². The molecule has 4 aromatic rings. The molecule has 2 fully saturated rings. The second kappa shape index (κ2) is 11.4. The van der Waals surface area contributed by atoms with Crippen molar-refractivity contribution in [2.45, 2.75) is 51.9 Å². The van der Waals surface area contributed by atoms with Gasteiger partial charge in [0.05, 0.1) is 18.0 Å². The summed E-state index contributed by atoms with van der Waals surface area (Å²) >= 11 is 1.31. The molecule has 2 aromatic heterocycles. The van der Waals surface area contributed by atoms with Crippen LogP contribution in [0.1, 0.15) is 61.0 Å². The molecule has 3 heterocycles. The van der Waals surface area contributed by atoms with Gasteiger partial charge in [0.1, 0.15) is 16.1 Å². The largest absolute Gasteiger partial charge is 0.439 e. The van der Waals surface area contributed by atoms with Crippen molar-refractivity contribution in [3.63, 3.8) is 0 Å². The van der Waals surface area contributed by atoms with Crippen molar-refractivity contribution in [2.24, 2.45) is 5.41 Å². The molecular formula is C33H34N6O3S. The van der Waals surface area contributed by atoms with E-state index in [9.17, 15) is 14.9 Å². The number of benzene rings is 2. The maximum absolute atomic E-state index is 13.0. The van der Waals surface area contributed by atoms with Crippen LogP contribution in [0.5, 0.6) is 11.6 Å². The molecule has 2 amide bonds. The summed E-state index contributed by atoms with van der Waals surface area (Å²) in [6.07, 6.45) is 5.08. The van der Waals surface area contributed by atoms with Crippen molar-refractivity contribution < 1.29 is 14.3 Å². The minimum Gasteiger partial charge on any atom is -0.439 e. The molecule has 220 valence electrons. The number of nitrogens with one attached hydrogen (secondary N) is 2. The smallest absolute Gasteiger partial charge is 0.255 e. The summed E-state index contributed by atoms with van der Waals surface area (Å²) in [5, 5.41) is 15.8. The highest BCUT2D eigenvalue weighted by Gasteiger charge is 2.44. The van der Waals surface area contributed by atoms with E-state index in [1.54, 1.807) is 30.3 Å². The van der Waals surface area contributed by atoms with Gasteiger partial charge < -0.3 is 15.4 Å². The summed E-state index contributed by atoms with van der Waals surface area (Å²) in [4.78, 5) is 37.7. The summed E-state index contributed by atoms with van der Waals surface area (Å²) in [5.74, 6) is 0.597. The van der Waals surface area contributed by atoms with E-state index in [0.29, 0.717) is 50.3 Å². The third kappa shape index (κ3) is 6.53. The average Bonchev–Trinajstić information content (AvgIpc) is 3.64. The van der Waals surface area contributed by atoms with Crippen molar-refractivity contribution in [2.75, 3.05) is 30.3 Å². The number of hydrogen-bond acceptors (Lipinski definition) is 8. The Morgan fingerprint density at radius 1 is 1.05 bits per heavy atom. The molecule has 6 rings (SSSR count). The summed E-state index contributed by atoms with van der Waals surface area (Å²) in [7, 11) is 0. The fourth-order valence-corrected chi connectivity index (χ4v) is 6.20. The van der Waals surface area contributed by atoms with Crippen LogP contribution in [0.25, 0.3) is 10.3 Å². The van der Waals surface area contributed by atoms with E-state index in [4.69, 9.17) is 4.74 Å². The van der Waals surface area contributed by atoms with Crippen LogP contribution in [0.2, 0.25) is 0 Å². The molecule has 0 atom stereocenters. The Bertz CT molecular complexity index is 1740. The number of nitrogens with zero attached hydrogens (tertiary/aromatic N) is 4. The van der Waals surface area contributed by atoms with Crippen molar-refractivity contribution >= 4 is 44.3 Å². The van der Waals surface area contributed by atoms with Crippen LogP contribution in [0, 0.1) is 23.7 Å². The molecular weight excluding hydrogens is 560 g/mol. The Morgan fingerprint density at radius 2 is 1.84 bits per heavy atom. The molecule has 1 spiro atoms. The molecule has 9 nitrogen and oxygen atoms in total. The quantitative estimate of drug-likeness (QED) is 0.234. The van der Waals surface area contributed by atoms with Crippen molar-refractivity contribution in [3.8, 4) is 17.7 Å². The van der Waals surface area contributed by atoms with E-state index >= 15 is 0 Å². The SMILES string of the molecule is Cc1ccc(NC(=O)c2cccc(C(C)(C)C#N)c2)cc1Oc1ccc2nc(NC(=O)CN3CCC4(CC3)CC4)sc2n1. The van der Waals surface area contributed by atoms with E-state index in [-0.39, 0.29) is 11.8 Å². The summed E-state index contributed by atoms with van der Waals surface area (Å²) in [6.45, 7) is 7.90. The number of nitriles is 1. The van der Waals surface area contributed by atoms with Gasteiger partial charge in [-0.05, 0) is 100 Å². The third-order valence-corrected chi connectivity index (χ3v) is 9.38. The second-order valence-corrected chi connectivity index (χ2v) is 13.1. The fraction of sp³-hybridized carbons (Fsp3) is 0.364. The lowest BCUT2D eigenvalue weighted by Gasteiger charge is -2.31. The Labute approximate surface area is 254 Å². The van der Waals surface area contributed by atoms with Gasteiger partial charge in [0.15, 0.2) is 5.13 Å². The van der Waals surface area contributed by atoms with Crippen molar-refractivity contribution in [1.29, 1.82) is 5.26 Å². The molecule has 2 aromatic carbocycles. The Hall–Kier alpha value is -4.33. The van der Waals surface area contributed by atoms with Gasteiger partial charge in [-0.3, -0.25) is 14.5 Å². The van der Waals surface area contributed by atoms with Gasteiger partial charge in [-0.15, -0.1) is 0 Å². The van der Waals surface area contributed by atoms with Gasteiger partial charge in [-0.1, -0.05) is 29.5 Å². The van der Waals surface area contributed by atoms with E-state index in [1.807, 2.05) is 45.0 Å². The predicted molar refractivity (Wildman–Crippen MR) is 168 cm³/mol. The summed E-state index contributed by atoms with van der Waals surface area (Å²) in [5.41, 5.74) is 3.25. The van der Waals surface area contributed by atoms with Gasteiger partial charge >= 0.3 is 0 Å². The second-order valence-electron chi connectivity index (χ2n) is 12.2. The lowest BCUT2D eigenvalue weighted by Crippen LogP contribution is -2.39. The van der Waals surface area contributed by atoms with E-state index in [0.717, 1.165) is 24.2 Å². The van der Waals surface area contributed by atoms with Gasteiger partial charge in [0, 0.05) is 23.4 Å². The zero-order valence-corrected chi connectivity index (χ0v) is 25.4. The van der Waals surface area contributed by atoms with Crippen LogP contribution in [-0.2, 0) is 10.2 Å². The highest BCUT2D eigenvalue weighted by molar-refractivity contribution is 7.21. The Kier molecular flexibility index (Phi) is 7.63. The Morgan fingerprint density at radius 3 is 2.58 bits per heavy atom. The zero-order valence-electron chi connectivity index (χ0n) is 24.6. The van der Waals surface area contributed by atoms with Crippen molar-refractivity contribution in [3.05, 3.63) is 71.3 Å². The van der Waals surface area contributed by atoms with Crippen LogP contribution in [0.15, 0.2) is 54.6 Å². The first-order valence-electron chi connectivity index (χ1n) is 14.5. The van der Waals surface area contributed by atoms with Crippen molar-refractivity contribution in [1.82, 2.24) is 14.9 Å². The van der Waals surface area contributed by atoms with Gasteiger partial charge in [0.25, 0.3) is 5.91 Å². The number of likely N-dealkylation sites (tertiary alicyclic amines) is 1. The average molecular weight is 595 g/mol. The molecule has 1 aliphatic heterocycles. The zero-order chi connectivity index (χ0) is 30.2. The van der Waals surface area contributed by atoms with Crippen LogP contribution in [-0.4, -0.2) is 46.3 Å². The number of piperidine rings is 1. The number of aryl methyl sites for hydroxylation is 1. The highest BCUT2D eigenvalue weighted by Crippen LogP contribution is 2.53. The normalized spacial score (nSPS) is 16.0. The lowest BCUT2D eigenvalue weighted by molar-refractivity contribution is -0.117. The maximum atomic E-state index is 13.0. The first-order chi connectivity index (χ1) is 20.6. The van der Waals surface area contributed by atoms with E-state index in [1.165, 1.54) is 37.0 Å². The number of hydrogen-bond donors (Lipinski definition) is 2. The summed E-state index contributed by atoms with van der Waals surface area (Å²) < 4.78 is 6.12. The molecule has 1 saturated carbocycles. The fourth-order valence-electron chi connectivity index (χ4n) is 5.35. The minimum absolute atomic E-state index is 0.0581. The number of carbonyl (C=O) groups is 2. The minimum atomic E-state index is -0.702. The number of ether oxygens (including phenoxy) is 1. The third-order valence-electron chi connectivity index (χ3n) is 8.50. The number of anilines is 2. The molecule has 0 bridgehead atoms. The molecule has 1 aliphatic carbocycles. The van der Waals surface area contributed by atoms with Gasteiger partial charge in [-0.25, -0.2) is 9.97 Å². The molecule has 2 aliphatic rings. The van der Waals surface area contributed by atoms with Crippen LogP contribution >= 0.6 is 11.3 Å². The number of carbonyl (C=O) groups excluding carboxylic acids is 2. The first-order valence-corrected chi connectivity index (χ1v) is 15.3. The number of fused-ring (bicyclic) bond motifs is 1.